The predicted octanol–water partition coefficient (Wildman–Crippen LogP) is 2.26. The van der Waals surface area contributed by atoms with Gasteiger partial charge in [0.2, 0.25) is 0 Å². The van der Waals surface area contributed by atoms with Gasteiger partial charge in [0.25, 0.3) is 0 Å². The van der Waals surface area contributed by atoms with E-state index in [1.807, 2.05) is 30.3 Å². The van der Waals surface area contributed by atoms with Gasteiger partial charge in [-0.2, -0.15) is 0 Å². The highest BCUT2D eigenvalue weighted by Gasteiger charge is 2.37. The second kappa shape index (κ2) is 3.21. The van der Waals surface area contributed by atoms with E-state index in [0.717, 1.165) is 12.8 Å². The Bertz CT molecular complexity index is 305. The first-order chi connectivity index (χ1) is 6.29. The molecule has 1 aromatic carbocycles. The van der Waals surface area contributed by atoms with Gasteiger partial charge in [-0.15, -0.1) is 0 Å². The summed E-state index contributed by atoms with van der Waals surface area (Å²) in [6.45, 7) is 0. The molecule has 1 aliphatic carbocycles. The minimum Gasteiger partial charge on any atom is -0.481 e. The highest BCUT2D eigenvalue weighted by Crippen LogP contribution is 2.42. The molecule has 1 aromatic rings. The highest BCUT2D eigenvalue weighted by molar-refractivity contribution is 5.72. The van der Waals surface area contributed by atoms with E-state index in [9.17, 15) is 4.79 Å². The Balaban J connectivity index is 2.15. The second-order valence-corrected chi connectivity index (χ2v) is 3.54. The van der Waals surface area contributed by atoms with Crippen LogP contribution in [0.2, 0.25) is 0 Å². The number of carboxylic acid groups (broad SMARTS) is 1. The van der Waals surface area contributed by atoms with Crippen molar-refractivity contribution in [2.75, 3.05) is 0 Å². The summed E-state index contributed by atoms with van der Waals surface area (Å²) in [7, 11) is 0. The summed E-state index contributed by atoms with van der Waals surface area (Å²) in [5.41, 5.74) is 1.17. The summed E-state index contributed by atoms with van der Waals surface area (Å²) in [5, 5.41) is 8.86. The summed E-state index contributed by atoms with van der Waals surface area (Å²) in [6, 6.07) is 9.91. The lowest BCUT2D eigenvalue weighted by Gasteiger charge is -2.33. The van der Waals surface area contributed by atoms with Gasteiger partial charge >= 0.3 is 5.97 Å². The second-order valence-electron chi connectivity index (χ2n) is 3.54. The van der Waals surface area contributed by atoms with E-state index in [-0.39, 0.29) is 11.8 Å². The van der Waals surface area contributed by atoms with Gasteiger partial charge in [0.15, 0.2) is 0 Å². The molecule has 13 heavy (non-hydrogen) atoms. The normalized spacial score (nSPS) is 26.5. The Morgan fingerprint density at radius 1 is 1.23 bits per heavy atom. The van der Waals surface area contributed by atoms with Crippen LogP contribution in [0, 0.1) is 5.92 Å². The maximum absolute atomic E-state index is 10.8. The van der Waals surface area contributed by atoms with Gasteiger partial charge in [-0.25, -0.2) is 0 Å². The molecule has 0 radical (unpaired) electrons. The molecule has 1 aliphatic rings. The molecule has 0 aliphatic heterocycles. The third-order valence-electron chi connectivity index (χ3n) is 2.82. The Morgan fingerprint density at radius 3 is 2.38 bits per heavy atom. The van der Waals surface area contributed by atoms with Crippen LogP contribution in [0.1, 0.15) is 24.3 Å². The standard InChI is InChI=1S/C11H12O2/c12-11(13)10-7-6-9(10)8-4-2-1-3-5-8/h1-5,9-10H,6-7H2,(H,12,13)/t9-,10+/m0/s1. The molecule has 0 amide bonds. The van der Waals surface area contributed by atoms with Crippen LogP contribution in [0.5, 0.6) is 0 Å². The van der Waals surface area contributed by atoms with Gasteiger partial charge in [0.05, 0.1) is 5.92 Å². The molecule has 2 nitrogen and oxygen atoms in total. The molecule has 2 atom stereocenters. The van der Waals surface area contributed by atoms with Crippen molar-refractivity contribution in [2.45, 2.75) is 18.8 Å². The molecule has 0 unspecified atom stereocenters. The number of carboxylic acids is 1. The van der Waals surface area contributed by atoms with Crippen LogP contribution in [0.25, 0.3) is 0 Å². The van der Waals surface area contributed by atoms with Crippen LogP contribution in [-0.4, -0.2) is 11.1 Å². The monoisotopic (exact) mass is 176 g/mol. The van der Waals surface area contributed by atoms with Crippen LogP contribution in [0.4, 0.5) is 0 Å². The topological polar surface area (TPSA) is 37.3 Å². The molecule has 1 N–H and O–H groups in total. The van der Waals surface area contributed by atoms with Crippen LogP contribution in [-0.2, 0) is 4.79 Å². The summed E-state index contributed by atoms with van der Waals surface area (Å²) < 4.78 is 0. The van der Waals surface area contributed by atoms with Gasteiger partial charge in [-0.1, -0.05) is 30.3 Å². The molecule has 68 valence electrons. The van der Waals surface area contributed by atoms with Crippen molar-refractivity contribution >= 4 is 5.97 Å². The molecule has 0 aromatic heterocycles. The largest absolute Gasteiger partial charge is 0.481 e. The van der Waals surface area contributed by atoms with Crippen LogP contribution in [0.15, 0.2) is 30.3 Å². The summed E-state index contributed by atoms with van der Waals surface area (Å²) in [4.78, 5) is 10.8. The predicted molar refractivity (Wildman–Crippen MR) is 49.5 cm³/mol. The van der Waals surface area contributed by atoms with Crippen molar-refractivity contribution in [2.24, 2.45) is 5.92 Å². The van der Waals surface area contributed by atoms with E-state index >= 15 is 0 Å². The highest BCUT2D eigenvalue weighted by atomic mass is 16.4. The lowest BCUT2D eigenvalue weighted by Crippen LogP contribution is -2.30. The van der Waals surface area contributed by atoms with Crippen molar-refractivity contribution in [3.05, 3.63) is 35.9 Å². The summed E-state index contributed by atoms with van der Waals surface area (Å²) in [6.07, 6.45) is 1.84. The quantitative estimate of drug-likeness (QED) is 0.750. The van der Waals surface area contributed by atoms with Gasteiger partial charge in [-0.3, -0.25) is 4.79 Å². The van der Waals surface area contributed by atoms with Crippen molar-refractivity contribution in [3.63, 3.8) is 0 Å². The fraction of sp³-hybridized carbons (Fsp3) is 0.364. The molecule has 1 fully saturated rings. The van der Waals surface area contributed by atoms with Crippen LogP contribution < -0.4 is 0 Å². The van der Waals surface area contributed by atoms with E-state index in [4.69, 9.17) is 5.11 Å². The molecule has 0 saturated heterocycles. The smallest absolute Gasteiger partial charge is 0.307 e. The molecular formula is C11H12O2. The number of carbonyl (C=O) groups is 1. The third kappa shape index (κ3) is 1.44. The summed E-state index contributed by atoms with van der Waals surface area (Å²) in [5.74, 6) is -0.554. The lowest BCUT2D eigenvalue weighted by atomic mass is 9.70. The zero-order valence-corrected chi connectivity index (χ0v) is 7.31. The SMILES string of the molecule is O=C(O)[C@@H]1CC[C@H]1c1ccccc1. The van der Waals surface area contributed by atoms with E-state index in [2.05, 4.69) is 0 Å². The fourth-order valence-electron chi connectivity index (χ4n) is 1.89. The van der Waals surface area contributed by atoms with Crippen molar-refractivity contribution < 1.29 is 9.90 Å². The summed E-state index contributed by atoms with van der Waals surface area (Å²) >= 11 is 0. The zero-order chi connectivity index (χ0) is 9.26. The lowest BCUT2D eigenvalue weighted by molar-refractivity contribution is -0.145. The van der Waals surface area contributed by atoms with Crippen LogP contribution >= 0.6 is 0 Å². The molecule has 2 rings (SSSR count). The van der Waals surface area contributed by atoms with Gasteiger partial charge < -0.3 is 5.11 Å². The van der Waals surface area contributed by atoms with Gasteiger partial charge in [-0.05, 0) is 24.3 Å². The molecule has 0 heterocycles. The Hall–Kier alpha value is -1.31. The van der Waals surface area contributed by atoms with Gasteiger partial charge in [0, 0.05) is 0 Å². The Kier molecular flexibility index (Phi) is 2.05. The number of hydrogen-bond acceptors (Lipinski definition) is 1. The van der Waals surface area contributed by atoms with E-state index in [1.165, 1.54) is 5.56 Å². The maximum atomic E-state index is 10.8. The maximum Gasteiger partial charge on any atom is 0.307 e. The van der Waals surface area contributed by atoms with Crippen molar-refractivity contribution in [3.8, 4) is 0 Å². The van der Waals surface area contributed by atoms with E-state index in [0.29, 0.717) is 0 Å². The molecule has 2 heteroatoms. The first-order valence-corrected chi connectivity index (χ1v) is 4.57. The van der Waals surface area contributed by atoms with Crippen LogP contribution in [0.3, 0.4) is 0 Å². The average molecular weight is 176 g/mol. The van der Waals surface area contributed by atoms with Gasteiger partial charge in [0.1, 0.15) is 0 Å². The van der Waals surface area contributed by atoms with E-state index < -0.39 is 5.97 Å². The first kappa shape index (κ1) is 8.30. The third-order valence-corrected chi connectivity index (χ3v) is 2.82. The Labute approximate surface area is 77.2 Å². The minimum atomic E-state index is -0.653. The molecule has 0 spiro atoms. The van der Waals surface area contributed by atoms with E-state index in [1.54, 1.807) is 0 Å². The van der Waals surface area contributed by atoms with Crippen molar-refractivity contribution in [1.82, 2.24) is 0 Å². The number of benzene rings is 1. The number of rotatable bonds is 2. The fourth-order valence-corrected chi connectivity index (χ4v) is 1.89. The minimum absolute atomic E-state index is 0.151. The first-order valence-electron chi connectivity index (χ1n) is 4.57. The number of aliphatic carboxylic acids is 1. The molecular weight excluding hydrogens is 164 g/mol. The van der Waals surface area contributed by atoms with Crippen molar-refractivity contribution in [1.29, 1.82) is 0 Å². The zero-order valence-electron chi connectivity index (χ0n) is 7.31. The number of hydrogen-bond donors (Lipinski definition) is 1. The molecule has 0 bridgehead atoms. The average Bonchev–Trinajstić information content (AvgIpc) is 2.02. The Morgan fingerprint density at radius 2 is 1.92 bits per heavy atom. The molecule has 1 saturated carbocycles.